The first-order valence-corrected chi connectivity index (χ1v) is 8.09. The number of carbonyl (C=O) groups excluding carboxylic acids is 2. The van der Waals surface area contributed by atoms with Gasteiger partial charge in [0, 0.05) is 44.4 Å². The molecule has 1 aliphatic rings. The summed E-state index contributed by atoms with van der Waals surface area (Å²) in [5.41, 5.74) is 0. The molecule has 2 rings (SSSR count). The Hall–Kier alpha value is -1.85. The van der Waals surface area contributed by atoms with Crippen molar-refractivity contribution in [2.24, 2.45) is 0 Å². The van der Waals surface area contributed by atoms with Gasteiger partial charge in [-0.15, -0.1) is 0 Å². The van der Waals surface area contributed by atoms with Gasteiger partial charge >= 0.3 is 0 Å². The lowest BCUT2D eigenvalue weighted by Crippen LogP contribution is -2.34. The molecule has 1 atom stereocenters. The van der Waals surface area contributed by atoms with Crippen molar-refractivity contribution in [1.29, 1.82) is 0 Å². The Morgan fingerprint density at radius 2 is 2.18 bits per heavy atom. The van der Waals surface area contributed by atoms with Crippen molar-refractivity contribution in [2.45, 2.75) is 52.0 Å². The van der Waals surface area contributed by atoms with E-state index in [1.54, 1.807) is 6.20 Å². The third-order valence-corrected chi connectivity index (χ3v) is 4.09. The van der Waals surface area contributed by atoms with Gasteiger partial charge in [0.1, 0.15) is 11.9 Å². The maximum absolute atomic E-state index is 12.2. The highest BCUT2D eigenvalue weighted by molar-refractivity contribution is 5.80. The lowest BCUT2D eigenvalue weighted by molar-refractivity contribution is -0.127. The molecular weight excluding hydrogens is 280 g/mol. The van der Waals surface area contributed by atoms with Crippen molar-refractivity contribution in [3.63, 3.8) is 0 Å². The molecule has 122 valence electrons. The molecule has 0 aromatic carbocycles. The van der Waals surface area contributed by atoms with Crippen LogP contribution < -0.4 is 5.32 Å². The van der Waals surface area contributed by atoms with Gasteiger partial charge in [0.15, 0.2) is 0 Å². The van der Waals surface area contributed by atoms with Gasteiger partial charge in [-0.05, 0) is 19.8 Å². The number of likely N-dealkylation sites (tertiary alicyclic amines) is 1. The van der Waals surface area contributed by atoms with Gasteiger partial charge in [0.25, 0.3) is 0 Å². The molecule has 1 fully saturated rings. The second kappa shape index (κ2) is 7.42. The standard InChI is InChI=1S/C16H26N4O2/c1-12(2)15-17-8-11-20(15)13(3)16(22)18-7-5-10-19-9-4-6-14(19)21/h8,11-13H,4-7,9-10H2,1-3H3,(H,18,22)/t13-/m0/s1. The number of carbonyl (C=O) groups is 2. The Labute approximate surface area is 131 Å². The fourth-order valence-corrected chi connectivity index (χ4v) is 2.80. The lowest BCUT2D eigenvalue weighted by Gasteiger charge is -2.19. The van der Waals surface area contributed by atoms with Gasteiger partial charge in [-0.25, -0.2) is 4.98 Å². The van der Waals surface area contributed by atoms with Gasteiger partial charge in [0.05, 0.1) is 0 Å². The second-order valence-electron chi connectivity index (χ2n) is 6.15. The van der Waals surface area contributed by atoms with Gasteiger partial charge < -0.3 is 14.8 Å². The third kappa shape index (κ3) is 3.87. The summed E-state index contributed by atoms with van der Waals surface area (Å²) in [6.07, 6.45) is 6.01. The number of hydrogen-bond acceptors (Lipinski definition) is 3. The highest BCUT2D eigenvalue weighted by Crippen LogP contribution is 2.17. The van der Waals surface area contributed by atoms with Gasteiger partial charge in [-0.2, -0.15) is 0 Å². The van der Waals surface area contributed by atoms with Crippen LogP contribution in [0.3, 0.4) is 0 Å². The first-order chi connectivity index (χ1) is 10.5. The van der Waals surface area contributed by atoms with Crippen LogP contribution in [-0.2, 0) is 9.59 Å². The first-order valence-electron chi connectivity index (χ1n) is 8.09. The smallest absolute Gasteiger partial charge is 0.242 e. The Morgan fingerprint density at radius 3 is 2.82 bits per heavy atom. The maximum atomic E-state index is 12.2. The molecular formula is C16H26N4O2. The van der Waals surface area contributed by atoms with E-state index in [2.05, 4.69) is 24.1 Å². The Bertz CT molecular complexity index is 524. The van der Waals surface area contributed by atoms with Crippen LogP contribution >= 0.6 is 0 Å². The van der Waals surface area contributed by atoms with Crippen molar-refractivity contribution in [2.75, 3.05) is 19.6 Å². The monoisotopic (exact) mass is 306 g/mol. The van der Waals surface area contributed by atoms with Crippen molar-refractivity contribution in [3.8, 4) is 0 Å². The number of nitrogens with zero attached hydrogens (tertiary/aromatic N) is 3. The van der Waals surface area contributed by atoms with Crippen LogP contribution in [0.15, 0.2) is 12.4 Å². The minimum absolute atomic E-state index is 0.00681. The molecule has 6 nitrogen and oxygen atoms in total. The Morgan fingerprint density at radius 1 is 1.41 bits per heavy atom. The van der Waals surface area contributed by atoms with Crippen LogP contribution in [0.2, 0.25) is 0 Å². The van der Waals surface area contributed by atoms with E-state index in [4.69, 9.17) is 0 Å². The molecule has 1 N–H and O–H groups in total. The fraction of sp³-hybridized carbons (Fsp3) is 0.688. The van der Waals surface area contributed by atoms with Crippen molar-refractivity contribution in [3.05, 3.63) is 18.2 Å². The number of rotatable bonds is 7. The molecule has 0 radical (unpaired) electrons. The number of hydrogen-bond donors (Lipinski definition) is 1. The van der Waals surface area contributed by atoms with E-state index in [-0.39, 0.29) is 23.8 Å². The van der Waals surface area contributed by atoms with E-state index in [0.717, 1.165) is 31.8 Å². The largest absolute Gasteiger partial charge is 0.354 e. The van der Waals surface area contributed by atoms with Crippen molar-refractivity contribution >= 4 is 11.8 Å². The van der Waals surface area contributed by atoms with Crippen molar-refractivity contribution in [1.82, 2.24) is 19.8 Å². The zero-order valence-corrected chi connectivity index (χ0v) is 13.7. The Balaban J connectivity index is 1.77. The second-order valence-corrected chi connectivity index (χ2v) is 6.15. The predicted octanol–water partition coefficient (Wildman–Crippen LogP) is 1.70. The molecule has 0 unspecified atom stereocenters. The van der Waals surface area contributed by atoms with E-state index in [0.29, 0.717) is 13.0 Å². The Kier molecular flexibility index (Phi) is 5.57. The summed E-state index contributed by atoms with van der Waals surface area (Å²) in [6, 6.07) is -0.270. The average molecular weight is 306 g/mol. The molecule has 1 aromatic rings. The SMILES string of the molecule is CC(C)c1nccn1[C@@H](C)C(=O)NCCCN1CCCC1=O. The molecule has 1 saturated heterocycles. The van der Waals surface area contributed by atoms with Crippen LogP contribution in [0.4, 0.5) is 0 Å². The molecule has 0 aliphatic carbocycles. The topological polar surface area (TPSA) is 67.2 Å². The van der Waals surface area contributed by atoms with E-state index in [1.807, 2.05) is 22.6 Å². The van der Waals surface area contributed by atoms with E-state index in [1.165, 1.54) is 0 Å². The van der Waals surface area contributed by atoms with Crippen LogP contribution in [-0.4, -0.2) is 45.9 Å². The molecule has 1 aromatic heterocycles. The molecule has 0 saturated carbocycles. The zero-order valence-electron chi connectivity index (χ0n) is 13.7. The summed E-state index contributed by atoms with van der Waals surface area (Å²) < 4.78 is 1.92. The van der Waals surface area contributed by atoms with Gasteiger partial charge in [-0.1, -0.05) is 13.8 Å². The number of imidazole rings is 1. The van der Waals surface area contributed by atoms with Crippen LogP contribution in [0.1, 0.15) is 57.8 Å². The van der Waals surface area contributed by atoms with Crippen LogP contribution in [0.5, 0.6) is 0 Å². The van der Waals surface area contributed by atoms with E-state index >= 15 is 0 Å². The summed E-state index contributed by atoms with van der Waals surface area (Å²) in [7, 11) is 0. The quantitative estimate of drug-likeness (QED) is 0.780. The zero-order chi connectivity index (χ0) is 16.1. The molecule has 1 aliphatic heterocycles. The third-order valence-electron chi connectivity index (χ3n) is 4.09. The minimum Gasteiger partial charge on any atom is -0.354 e. The number of amides is 2. The molecule has 0 spiro atoms. The summed E-state index contributed by atoms with van der Waals surface area (Å²) in [4.78, 5) is 29.9. The molecule has 2 amide bonds. The van der Waals surface area contributed by atoms with E-state index < -0.39 is 0 Å². The lowest BCUT2D eigenvalue weighted by atomic mass is 10.2. The average Bonchev–Trinajstić information content (AvgIpc) is 3.11. The molecule has 6 heteroatoms. The van der Waals surface area contributed by atoms with Gasteiger partial charge in [-0.3, -0.25) is 9.59 Å². The van der Waals surface area contributed by atoms with Crippen LogP contribution in [0.25, 0.3) is 0 Å². The summed E-state index contributed by atoms with van der Waals surface area (Å²) in [6.45, 7) is 8.20. The number of nitrogens with one attached hydrogen (secondary N) is 1. The first kappa shape index (κ1) is 16.5. The normalized spacial score (nSPS) is 16.4. The van der Waals surface area contributed by atoms with Crippen LogP contribution in [0, 0.1) is 0 Å². The fourth-order valence-electron chi connectivity index (χ4n) is 2.80. The molecule has 0 bridgehead atoms. The number of aromatic nitrogens is 2. The minimum atomic E-state index is -0.270. The molecule has 2 heterocycles. The molecule has 22 heavy (non-hydrogen) atoms. The van der Waals surface area contributed by atoms with Crippen molar-refractivity contribution < 1.29 is 9.59 Å². The summed E-state index contributed by atoms with van der Waals surface area (Å²) in [5.74, 6) is 1.43. The highest BCUT2D eigenvalue weighted by Gasteiger charge is 2.20. The summed E-state index contributed by atoms with van der Waals surface area (Å²) in [5, 5.41) is 2.95. The maximum Gasteiger partial charge on any atom is 0.242 e. The highest BCUT2D eigenvalue weighted by atomic mass is 16.2. The summed E-state index contributed by atoms with van der Waals surface area (Å²) >= 11 is 0. The van der Waals surface area contributed by atoms with Gasteiger partial charge in [0.2, 0.25) is 11.8 Å². The predicted molar refractivity (Wildman–Crippen MR) is 84.5 cm³/mol. The van der Waals surface area contributed by atoms with E-state index in [9.17, 15) is 9.59 Å².